The first-order valence-corrected chi connectivity index (χ1v) is 10.3. The molecule has 0 spiro atoms. The number of likely N-dealkylation sites (N-methyl/N-ethyl adjacent to an activating group) is 1. The van der Waals surface area contributed by atoms with Crippen LogP contribution in [0.2, 0.25) is 0 Å². The maximum absolute atomic E-state index is 12.6. The van der Waals surface area contributed by atoms with E-state index in [1.165, 1.54) is 11.8 Å². The second-order valence-electron chi connectivity index (χ2n) is 6.69. The molecular formula is C20H23N7O2S. The third-order valence-electron chi connectivity index (χ3n) is 4.07. The van der Waals surface area contributed by atoms with E-state index in [9.17, 15) is 9.59 Å². The highest BCUT2D eigenvalue weighted by molar-refractivity contribution is 7.99. The number of hydrogen-bond acceptors (Lipinski definition) is 7. The number of nitrogens with one attached hydrogen (secondary N) is 2. The number of tetrazole rings is 1. The van der Waals surface area contributed by atoms with E-state index in [2.05, 4.69) is 26.2 Å². The Hall–Kier alpha value is -3.24. The van der Waals surface area contributed by atoms with Gasteiger partial charge in [0.25, 0.3) is 5.91 Å². The lowest BCUT2D eigenvalue weighted by atomic mass is 10.1. The molecular weight excluding hydrogens is 402 g/mol. The molecule has 2 N–H and O–H groups in total. The molecule has 10 heteroatoms. The number of para-hydroxylation sites is 2. The van der Waals surface area contributed by atoms with Gasteiger partial charge in [-0.1, -0.05) is 42.1 Å². The van der Waals surface area contributed by atoms with Gasteiger partial charge in [-0.05, 0) is 48.8 Å². The van der Waals surface area contributed by atoms with Gasteiger partial charge in [0.2, 0.25) is 11.1 Å². The van der Waals surface area contributed by atoms with Gasteiger partial charge in [0.15, 0.2) is 0 Å². The maximum atomic E-state index is 12.6. The van der Waals surface area contributed by atoms with Crippen molar-refractivity contribution < 1.29 is 9.59 Å². The quantitative estimate of drug-likeness (QED) is 0.507. The van der Waals surface area contributed by atoms with E-state index in [-0.39, 0.29) is 17.6 Å². The third kappa shape index (κ3) is 6.13. The van der Waals surface area contributed by atoms with E-state index in [0.717, 1.165) is 6.54 Å². The molecule has 0 bridgehead atoms. The van der Waals surface area contributed by atoms with Gasteiger partial charge in [0.1, 0.15) is 0 Å². The van der Waals surface area contributed by atoms with Crippen LogP contribution in [0.1, 0.15) is 10.4 Å². The minimum absolute atomic E-state index is 0.122. The van der Waals surface area contributed by atoms with Gasteiger partial charge in [-0.3, -0.25) is 9.59 Å². The zero-order valence-corrected chi connectivity index (χ0v) is 17.6. The summed E-state index contributed by atoms with van der Waals surface area (Å²) in [6, 6.07) is 16.0. The average Bonchev–Trinajstić information content (AvgIpc) is 3.19. The normalized spacial score (nSPS) is 10.8. The first-order valence-electron chi connectivity index (χ1n) is 9.32. The summed E-state index contributed by atoms with van der Waals surface area (Å²) < 4.78 is 1.67. The number of aromatic nitrogens is 4. The lowest BCUT2D eigenvalue weighted by Gasteiger charge is -2.12. The second kappa shape index (κ2) is 10.5. The van der Waals surface area contributed by atoms with E-state index in [0.29, 0.717) is 28.6 Å². The first kappa shape index (κ1) is 21.5. The monoisotopic (exact) mass is 425 g/mol. The highest BCUT2D eigenvalue weighted by Crippen LogP contribution is 2.19. The number of carbonyl (C=O) groups is 2. The summed E-state index contributed by atoms with van der Waals surface area (Å²) in [5, 5.41) is 17.8. The zero-order chi connectivity index (χ0) is 21.3. The van der Waals surface area contributed by atoms with Crippen LogP contribution in [0.4, 0.5) is 11.4 Å². The van der Waals surface area contributed by atoms with E-state index in [1.54, 1.807) is 41.1 Å². The number of amides is 2. The molecule has 2 amide bonds. The summed E-state index contributed by atoms with van der Waals surface area (Å²) in [7, 11) is 3.94. The molecule has 0 aliphatic carbocycles. The molecule has 0 fully saturated rings. The summed E-state index contributed by atoms with van der Waals surface area (Å²) in [5.74, 6) is -0.420. The summed E-state index contributed by atoms with van der Waals surface area (Å²) in [6.07, 6.45) is 0. The largest absolute Gasteiger partial charge is 0.325 e. The molecule has 0 radical (unpaired) electrons. The summed E-state index contributed by atoms with van der Waals surface area (Å²) in [5.41, 5.74) is 1.52. The van der Waals surface area contributed by atoms with Crippen LogP contribution in [0.25, 0.3) is 0 Å². The van der Waals surface area contributed by atoms with Gasteiger partial charge in [-0.2, -0.15) is 0 Å². The van der Waals surface area contributed by atoms with Gasteiger partial charge >= 0.3 is 0 Å². The van der Waals surface area contributed by atoms with Gasteiger partial charge < -0.3 is 15.5 Å². The lowest BCUT2D eigenvalue weighted by Crippen LogP contribution is -2.21. The molecule has 156 valence electrons. The molecule has 0 aliphatic heterocycles. The SMILES string of the molecule is CN(C)CCn1nnnc1SCC(=O)Nc1ccccc1C(=O)Nc1ccccc1. The van der Waals surface area contributed by atoms with Crippen molar-refractivity contribution in [2.75, 3.05) is 37.0 Å². The van der Waals surface area contributed by atoms with Crippen molar-refractivity contribution in [3.05, 3.63) is 60.2 Å². The lowest BCUT2D eigenvalue weighted by molar-refractivity contribution is -0.113. The van der Waals surface area contributed by atoms with E-state index < -0.39 is 0 Å². The smallest absolute Gasteiger partial charge is 0.257 e. The van der Waals surface area contributed by atoms with Crippen LogP contribution in [-0.4, -0.2) is 63.3 Å². The third-order valence-corrected chi connectivity index (χ3v) is 5.02. The Kier molecular flexibility index (Phi) is 7.52. The summed E-state index contributed by atoms with van der Waals surface area (Å²) in [6.45, 7) is 1.42. The number of nitrogens with zero attached hydrogens (tertiary/aromatic N) is 5. The Morgan fingerprint density at radius 1 is 1.03 bits per heavy atom. The average molecular weight is 426 g/mol. The van der Waals surface area contributed by atoms with Gasteiger partial charge in [0.05, 0.1) is 23.5 Å². The topological polar surface area (TPSA) is 105 Å². The molecule has 30 heavy (non-hydrogen) atoms. The molecule has 2 aromatic carbocycles. The molecule has 3 rings (SSSR count). The maximum Gasteiger partial charge on any atom is 0.257 e. The second-order valence-corrected chi connectivity index (χ2v) is 7.63. The minimum atomic E-state index is -0.294. The summed E-state index contributed by atoms with van der Waals surface area (Å²) >= 11 is 1.25. The summed E-state index contributed by atoms with van der Waals surface area (Å²) in [4.78, 5) is 27.1. The van der Waals surface area contributed by atoms with Crippen LogP contribution < -0.4 is 10.6 Å². The Morgan fingerprint density at radius 3 is 2.53 bits per heavy atom. The van der Waals surface area contributed by atoms with Crippen molar-refractivity contribution in [1.29, 1.82) is 0 Å². The van der Waals surface area contributed by atoms with Crippen LogP contribution in [0.3, 0.4) is 0 Å². The van der Waals surface area contributed by atoms with E-state index in [4.69, 9.17) is 0 Å². The number of rotatable bonds is 9. The van der Waals surface area contributed by atoms with Crippen LogP contribution in [0.5, 0.6) is 0 Å². The van der Waals surface area contributed by atoms with Crippen molar-refractivity contribution in [3.63, 3.8) is 0 Å². The molecule has 9 nitrogen and oxygen atoms in total. The molecule has 0 saturated carbocycles. The van der Waals surface area contributed by atoms with Gasteiger partial charge in [0, 0.05) is 12.2 Å². The number of benzene rings is 2. The predicted octanol–water partition coefficient (Wildman–Crippen LogP) is 2.22. The fourth-order valence-corrected chi connectivity index (χ4v) is 3.26. The molecule has 0 aliphatic rings. The highest BCUT2D eigenvalue weighted by atomic mass is 32.2. The molecule has 0 unspecified atom stereocenters. The molecule has 1 aromatic heterocycles. The molecule has 0 saturated heterocycles. The number of hydrogen-bond donors (Lipinski definition) is 2. The van der Waals surface area contributed by atoms with Crippen LogP contribution in [0.15, 0.2) is 59.8 Å². The van der Waals surface area contributed by atoms with Crippen molar-refractivity contribution >= 4 is 35.0 Å². The Morgan fingerprint density at radius 2 is 1.77 bits per heavy atom. The fourth-order valence-electron chi connectivity index (χ4n) is 2.56. The predicted molar refractivity (Wildman–Crippen MR) is 117 cm³/mol. The van der Waals surface area contributed by atoms with Crippen molar-refractivity contribution in [2.45, 2.75) is 11.7 Å². The number of carbonyl (C=O) groups excluding carboxylic acids is 2. The fraction of sp³-hybridized carbons (Fsp3) is 0.250. The van der Waals surface area contributed by atoms with E-state index >= 15 is 0 Å². The van der Waals surface area contributed by atoms with Crippen LogP contribution in [0, 0.1) is 0 Å². The minimum Gasteiger partial charge on any atom is -0.325 e. The number of thioether (sulfide) groups is 1. The van der Waals surface area contributed by atoms with Gasteiger partial charge in [-0.25, -0.2) is 4.68 Å². The van der Waals surface area contributed by atoms with Gasteiger partial charge in [-0.15, -0.1) is 5.10 Å². The number of anilines is 2. The zero-order valence-electron chi connectivity index (χ0n) is 16.8. The Bertz CT molecular complexity index is 992. The van der Waals surface area contributed by atoms with Crippen LogP contribution >= 0.6 is 11.8 Å². The van der Waals surface area contributed by atoms with Crippen molar-refractivity contribution in [3.8, 4) is 0 Å². The van der Waals surface area contributed by atoms with E-state index in [1.807, 2.05) is 37.2 Å². The Labute approximate surface area is 178 Å². The molecule has 3 aromatic rings. The Balaban J connectivity index is 1.60. The first-order chi connectivity index (χ1) is 14.5. The van der Waals surface area contributed by atoms with Crippen molar-refractivity contribution in [1.82, 2.24) is 25.1 Å². The standard InChI is InChI=1S/C20H23N7O2S/c1-26(2)12-13-27-20(23-24-25-27)30-14-18(28)22-17-11-7-6-10-16(17)19(29)21-15-8-4-3-5-9-15/h3-11H,12-14H2,1-2H3,(H,21,29)(H,22,28). The molecule has 1 heterocycles. The molecule has 0 atom stereocenters. The van der Waals surface area contributed by atoms with Crippen molar-refractivity contribution in [2.24, 2.45) is 0 Å². The highest BCUT2D eigenvalue weighted by Gasteiger charge is 2.15. The van der Waals surface area contributed by atoms with Crippen LogP contribution in [-0.2, 0) is 11.3 Å².